The van der Waals surface area contributed by atoms with Crippen LogP contribution in [0.25, 0.3) is 0 Å². The van der Waals surface area contributed by atoms with Gasteiger partial charge in [-0.2, -0.15) is 0 Å². The first-order valence-electron chi connectivity index (χ1n) is 5.58. The molecular formula is C13H18BrNO2. The summed E-state index contributed by atoms with van der Waals surface area (Å²) in [4.78, 5) is 11.8. The number of halogens is 1. The van der Waals surface area contributed by atoms with Crippen molar-refractivity contribution in [2.24, 2.45) is 0 Å². The van der Waals surface area contributed by atoms with Gasteiger partial charge in [0, 0.05) is 5.69 Å². The van der Waals surface area contributed by atoms with Crippen LogP contribution in [0.15, 0.2) is 18.2 Å². The highest BCUT2D eigenvalue weighted by molar-refractivity contribution is 9.10. The highest BCUT2D eigenvalue weighted by Gasteiger charge is 2.23. The molecular weight excluding hydrogens is 282 g/mol. The van der Waals surface area contributed by atoms with Crippen molar-refractivity contribution in [3.8, 4) is 5.75 Å². The molecule has 0 aliphatic heterocycles. The number of benzene rings is 1. The van der Waals surface area contributed by atoms with Gasteiger partial charge in [0.2, 0.25) is 5.91 Å². The van der Waals surface area contributed by atoms with Gasteiger partial charge in [0.1, 0.15) is 5.75 Å². The molecule has 0 aromatic heterocycles. The number of carbonyl (C=O) groups excluding carboxylic acids is 1. The molecule has 0 heterocycles. The minimum Gasteiger partial charge on any atom is -0.494 e. The molecule has 0 aliphatic carbocycles. The summed E-state index contributed by atoms with van der Waals surface area (Å²) in [6, 6.07) is 5.62. The first-order chi connectivity index (χ1) is 7.84. The lowest BCUT2D eigenvalue weighted by Crippen LogP contribution is -2.30. The molecule has 1 N–H and O–H groups in total. The molecule has 0 radical (unpaired) electrons. The van der Waals surface area contributed by atoms with Crippen molar-refractivity contribution in [3.63, 3.8) is 0 Å². The van der Waals surface area contributed by atoms with E-state index in [0.29, 0.717) is 6.61 Å². The number of rotatable bonds is 4. The highest BCUT2D eigenvalue weighted by atomic mass is 79.9. The summed E-state index contributed by atoms with van der Waals surface area (Å²) in [5, 5.41) is 2.85. The van der Waals surface area contributed by atoms with Crippen molar-refractivity contribution < 1.29 is 9.53 Å². The predicted octanol–water partition coefficient (Wildman–Crippen LogP) is 3.51. The minimum absolute atomic E-state index is 0.0685. The molecule has 0 spiro atoms. The zero-order chi connectivity index (χ0) is 13.1. The van der Waals surface area contributed by atoms with Gasteiger partial charge in [-0.3, -0.25) is 4.79 Å². The SMILES string of the molecule is CCOc1ccc(NC(=O)C(C)(C)Br)cc1C. The van der Waals surface area contributed by atoms with E-state index in [4.69, 9.17) is 4.74 Å². The van der Waals surface area contributed by atoms with Crippen LogP contribution in [-0.2, 0) is 4.79 Å². The standard InChI is InChI=1S/C13H18BrNO2/c1-5-17-11-7-6-10(8-9(11)2)15-12(16)13(3,4)14/h6-8H,5H2,1-4H3,(H,15,16). The zero-order valence-electron chi connectivity index (χ0n) is 10.6. The average molecular weight is 300 g/mol. The molecule has 0 saturated carbocycles. The van der Waals surface area contributed by atoms with Crippen molar-refractivity contribution in [2.75, 3.05) is 11.9 Å². The Morgan fingerprint density at radius 3 is 2.59 bits per heavy atom. The second-order valence-electron chi connectivity index (χ2n) is 4.34. The van der Waals surface area contributed by atoms with Crippen molar-refractivity contribution >= 4 is 27.5 Å². The Morgan fingerprint density at radius 2 is 2.12 bits per heavy atom. The van der Waals surface area contributed by atoms with Gasteiger partial charge >= 0.3 is 0 Å². The Kier molecular flexibility index (Phi) is 4.57. The van der Waals surface area contributed by atoms with Crippen LogP contribution >= 0.6 is 15.9 Å². The summed E-state index contributed by atoms with van der Waals surface area (Å²) in [6.45, 7) is 8.16. The van der Waals surface area contributed by atoms with Crippen LogP contribution in [0.3, 0.4) is 0 Å². The van der Waals surface area contributed by atoms with Crippen molar-refractivity contribution in [2.45, 2.75) is 32.0 Å². The van der Waals surface area contributed by atoms with Gasteiger partial charge in [-0.25, -0.2) is 0 Å². The topological polar surface area (TPSA) is 38.3 Å². The third-order valence-electron chi connectivity index (χ3n) is 2.27. The number of hydrogen-bond acceptors (Lipinski definition) is 2. The third kappa shape index (κ3) is 4.04. The Bertz CT molecular complexity index is 410. The molecule has 1 amide bonds. The quantitative estimate of drug-likeness (QED) is 0.864. The Morgan fingerprint density at radius 1 is 1.47 bits per heavy atom. The van der Waals surface area contributed by atoms with E-state index in [1.165, 1.54) is 0 Å². The van der Waals surface area contributed by atoms with Gasteiger partial charge in [-0.05, 0) is 51.5 Å². The van der Waals surface area contributed by atoms with E-state index >= 15 is 0 Å². The molecule has 0 aliphatic rings. The molecule has 94 valence electrons. The number of alkyl halides is 1. The molecule has 17 heavy (non-hydrogen) atoms. The first-order valence-corrected chi connectivity index (χ1v) is 6.37. The van der Waals surface area contributed by atoms with E-state index in [1.807, 2.05) is 45.9 Å². The van der Waals surface area contributed by atoms with Gasteiger partial charge in [-0.1, -0.05) is 15.9 Å². The van der Waals surface area contributed by atoms with Crippen molar-refractivity contribution in [3.05, 3.63) is 23.8 Å². The molecule has 4 heteroatoms. The minimum atomic E-state index is -0.570. The summed E-state index contributed by atoms with van der Waals surface area (Å²) in [6.07, 6.45) is 0. The third-order valence-corrected chi connectivity index (χ3v) is 2.63. The summed E-state index contributed by atoms with van der Waals surface area (Å²) < 4.78 is 4.87. The molecule has 1 rings (SSSR count). The Balaban J connectivity index is 2.81. The number of hydrogen-bond donors (Lipinski definition) is 1. The number of amides is 1. The molecule has 0 saturated heterocycles. The number of aryl methyl sites for hydroxylation is 1. The zero-order valence-corrected chi connectivity index (χ0v) is 12.2. The molecule has 0 unspecified atom stereocenters. The predicted molar refractivity (Wildman–Crippen MR) is 74.0 cm³/mol. The normalized spacial score (nSPS) is 11.1. The molecule has 1 aromatic rings. The van der Waals surface area contributed by atoms with Gasteiger partial charge in [0.05, 0.1) is 10.9 Å². The first kappa shape index (κ1) is 14.0. The van der Waals surface area contributed by atoms with Crippen LogP contribution in [0.1, 0.15) is 26.3 Å². The monoisotopic (exact) mass is 299 g/mol. The molecule has 0 bridgehead atoms. The molecule has 0 atom stereocenters. The van der Waals surface area contributed by atoms with Crippen molar-refractivity contribution in [1.29, 1.82) is 0 Å². The van der Waals surface area contributed by atoms with Crippen LogP contribution in [0.5, 0.6) is 5.75 Å². The summed E-state index contributed by atoms with van der Waals surface area (Å²) in [7, 11) is 0. The van der Waals surface area contributed by atoms with E-state index in [1.54, 1.807) is 0 Å². The van der Waals surface area contributed by atoms with Crippen LogP contribution in [-0.4, -0.2) is 16.8 Å². The van der Waals surface area contributed by atoms with Crippen molar-refractivity contribution in [1.82, 2.24) is 0 Å². The van der Waals surface area contributed by atoms with E-state index in [-0.39, 0.29) is 5.91 Å². The lowest BCUT2D eigenvalue weighted by molar-refractivity contribution is -0.117. The summed E-state index contributed by atoms with van der Waals surface area (Å²) in [5.74, 6) is 0.782. The molecule has 1 aromatic carbocycles. The smallest absolute Gasteiger partial charge is 0.240 e. The second kappa shape index (κ2) is 5.54. The van der Waals surface area contributed by atoms with Gasteiger partial charge in [-0.15, -0.1) is 0 Å². The fourth-order valence-electron chi connectivity index (χ4n) is 1.32. The van der Waals surface area contributed by atoms with E-state index < -0.39 is 4.32 Å². The maximum atomic E-state index is 11.8. The number of anilines is 1. The van der Waals surface area contributed by atoms with Gasteiger partial charge < -0.3 is 10.1 Å². The summed E-state index contributed by atoms with van der Waals surface area (Å²) in [5.41, 5.74) is 1.79. The van der Waals surface area contributed by atoms with Gasteiger partial charge in [0.25, 0.3) is 0 Å². The van der Waals surface area contributed by atoms with Crippen LogP contribution in [0.2, 0.25) is 0 Å². The van der Waals surface area contributed by atoms with Crippen LogP contribution in [0, 0.1) is 6.92 Å². The average Bonchev–Trinajstić information content (AvgIpc) is 2.21. The lowest BCUT2D eigenvalue weighted by Gasteiger charge is -2.16. The van der Waals surface area contributed by atoms with E-state index in [0.717, 1.165) is 17.0 Å². The second-order valence-corrected chi connectivity index (χ2v) is 6.32. The number of nitrogens with one attached hydrogen (secondary N) is 1. The van der Waals surface area contributed by atoms with Gasteiger partial charge in [0.15, 0.2) is 0 Å². The molecule has 3 nitrogen and oxygen atoms in total. The maximum absolute atomic E-state index is 11.8. The Labute approximate surface area is 111 Å². The fourth-order valence-corrected chi connectivity index (χ4v) is 1.42. The Hall–Kier alpha value is -1.03. The largest absolute Gasteiger partial charge is 0.494 e. The highest BCUT2D eigenvalue weighted by Crippen LogP contribution is 2.24. The number of ether oxygens (including phenoxy) is 1. The van der Waals surface area contributed by atoms with Crippen LogP contribution < -0.4 is 10.1 Å². The van der Waals surface area contributed by atoms with E-state index in [9.17, 15) is 4.79 Å². The maximum Gasteiger partial charge on any atom is 0.240 e. The van der Waals surface area contributed by atoms with Crippen LogP contribution in [0.4, 0.5) is 5.69 Å². The fraction of sp³-hybridized carbons (Fsp3) is 0.462. The number of carbonyl (C=O) groups is 1. The summed E-state index contributed by atoms with van der Waals surface area (Å²) >= 11 is 3.32. The molecule has 0 fully saturated rings. The van der Waals surface area contributed by atoms with E-state index in [2.05, 4.69) is 21.2 Å². The lowest BCUT2D eigenvalue weighted by atomic mass is 10.1.